The van der Waals surface area contributed by atoms with Gasteiger partial charge >= 0.3 is 0 Å². The molecule has 1 atom stereocenters. The van der Waals surface area contributed by atoms with Crippen LogP contribution in [0.1, 0.15) is 44.7 Å². The Morgan fingerprint density at radius 1 is 0.900 bits per heavy atom. The Balaban J connectivity index is 2.10. The van der Waals surface area contributed by atoms with Crippen molar-refractivity contribution in [3.8, 4) is 0 Å². The Morgan fingerprint density at radius 2 is 1.57 bits per heavy atom. The van der Waals surface area contributed by atoms with Crippen LogP contribution in [0.4, 0.5) is 5.69 Å². The Hall–Kier alpha value is -3.07. The lowest BCUT2D eigenvalue weighted by Gasteiger charge is -2.34. The number of halogens is 2. The van der Waals surface area contributed by atoms with E-state index in [0.29, 0.717) is 40.7 Å². The van der Waals surface area contributed by atoms with Crippen LogP contribution in [-0.4, -0.2) is 44.3 Å². The largest absolute Gasteiger partial charge is 0.354 e. The minimum atomic E-state index is -4.13. The molecular formula is C30H35Cl2N3O4S. The van der Waals surface area contributed by atoms with Gasteiger partial charge in [0.2, 0.25) is 11.8 Å². The van der Waals surface area contributed by atoms with E-state index in [1.807, 2.05) is 32.9 Å². The van der Waals surface area contributed by atoms with Crippen LogP contribution in [-0.2, 0) is 32.6 Å². The molecule has 0 aliphatic carbocycles. The molecule has 0 heterocycles. The molecule has 0 radical (unpaired) electrons. The van der Waals surface area contributed by atoms with Gasteiger partial charge in [-0.05, 0) is 60.7 Å². The fourth-order valence-electron chi connectivity index (χ4n) is 4.41. The van der Waals surface area contributed by atoms with Crippen molar-refractivity contribution in [1.29, 1.82) is 0 Å². The fourth-order valence-corrected chi connectivity index (χ4v) is 6.35. The van der Waals surface area contributed by atoms with Crippen molar-refractivity contribution < 1.29 is 18.0 Å². The van der Waals surface area contributed by atoms with Crippen molar-refractivity contribution in [2.45, 2.75) is 57.5 Å². The number of nitrogens with zero attached hydrogens (tertiary/aromatic N) is 2. The van der Waals surface area contributed by atoms with E-state index in [2.05, 4.69) is 5.32 Å². The zero-order valence-corrected chi connectivity index (χ0v) is 25.3. The first kappa shape index (κ1) is 31.5. The summed E-state index contributed by atoms with van der Waals surface area (Å²) in [6.07, 6.45) is 1.62. The van der Waals surface area contributed by atoms with Gasteiger partial charge in [0.15, 0.2) is 0 Å². The minimum absolute atomic E-state index is 0.00152. The Morgan fingerprint density at radius 3 is 2.20 bits per heavy atom. The lowest BCUT2D eigenvalue weighted by Crippen LogP contribution is -2.52. The van der Waals surface area contributed by atoms with Crippen molar-refractivity contribution >= 4 is 50.7 Å². The standard InChI is InChI=1S/C30H35Cl2N3O4S/c1-4-18-33-30(37)27(6-3)34(20-23-16-17-24(31)19-26(23)32)29(36)21-35(28-15-11-10-12-22(28)5-2)40(38,39)25-13-8-7-9-14-25/h7-17,19,27H,4-6,18,20-21H2,1-3H3,(H,33,37). The fraction of sp³-hybridized carbons (Fsp3) is 0.333. The molecule has 7 nitrogen and oxygen atoms in total. The first-order chi connectivity index (χ1) is 19.1. The van der Waals surface area contributed by atoms with E-state index in [-0.39, 0.29) is 17.3 Å². The second kappa shape index (κ2) is 14.5. The van der Waals surface area contributed by atoms with Gasteiger partial charge in [0.05, 0.1) is 10.6 Å². The highest BCUT2D eigenvalue weighted by molar-refractivity contribution is 7.92. The van der Waals surface area contributed by atoms with E-state index in [1.54, 1.807) is 48.5 Å². The van der Waals surface area contributed by atoms with Gasteiger partial charge in [-0.2, -0.15) is 0 Å². The maximum Gasteiger partial charge on any atom is 0.264 e. The van der Waals surface area contributed by atoms with Crippen molar-refractivity contribution in [3.63, 3.8) is 0 Å². The average molecular weight is 605 g/mol. The third-order valence-electron chi connectivity index (χ3n) is 6.54. The minimum Gasteiger partial charge on any atom is -0.354 e. The Labute approximate surface area is 247 Å². The molecule has 1 unspecified atom stereocenters. The SMILES string of the molecule is CCCNC(=O)C(CC)N(Cc1ccc(Cl)cc1Cl)C(=O)CN(c1ccccc1CC)S(=O)(=O)c1ccccc1. The van der Waals surface area contributed by atoms with Crippen LogP contribution in [0, 0.1) is 0 Å². The van der Waals surface area contributed by atoms with Crippen LogP contribution in [0.5, 0.6) is 0 Å². The van der Waals surface area contributed by atoms with Gasteiger partial charge < -0.3 is 10.2 Å². The van der Waals surface area contributed by atoms with E-state index >= 15 is 0 Å². The number of anilines is 1. The van der Waals surface area contributed by atoms with Gasteiger partial charge in [0.25, 0.3) is 10.0 Å². The Bertz CT molecular complexity index is 1420. The second-order valence-electron chi connectivity index (χ2n) is 9.28. The number of aryl methyl sites for hydroxylation is 1. The maximum atomic E-state index is 14.1. The summed E-state index contributed by atoms with van der Waals surface area (Å²) in [5, 5.41) is 3.66. The van der Waals surface area contributed by atoms with Crippen LogP contribution in [0.2, 0.25) is 10.0 Å². The molecule has 2 amide bonds. The number of para-hydroxylation sites is 1. The van der Waals surface area contributed by atoms with E-state index < -0.39 is 28.5 Å². The highest BCUT2D eigenvalue weighted by atomic mass is 35.5. The molecule has 3 aromatic rings. The summed E-state index contributed by atoms with van der Waals surface area (Å²) in [5.74, 6) is -0.843. The Kier molecular flexibility index (Phi) is 11.4. The molecule has 0 fully saturated rings. The molecule has 0 saturated carbocycles. The first-order valence-corrected chi connectivity index (χ1v) is 15.5. The molecule has 0 aliphatic heterocycles. The summed E-state index contributed by atoms with van der Waals surface area (Å²) in [6, 6.07) is 19.2. The summed E-state index contributed by atoms with van der Waals surface area (Å²) in [4.78, 5) is 28.8. The number of nitrogens with one attached hydrogen (secondary N) is 1. The average Bonchev–Trinajstić information content (AvgIpc) is 2.96. The van der Waals surface area contributed by atoms with Gasteiger partial charge in [-0.25, -0.2) is 8.42 Å². The third-order valence-corrected chi connectivity index (χ3v) is 8.90. The van der Waals surface area contributed by atoms with E-state index in [0.717, 1.165) is 16.3 Å². The van der Waals surface area contributed by atoms with Crippen LogP contribution < -0.4 is 9.62 Å². The van der Waals surface area contributed by atoms with E-state index in [9.17, 15) is 18.0 Å². The summed E-state index contributed by atoms with van der Waals surface area (Å²) in [5.41, 5.74) is 1.78. The number of rotatable bonds is 13. The smallest absolute Gasteiger partial charge is 0.264 e. The molecule has 10 heteroatoms. The van der Waals surface area contributed by atoms with Crippen molar-refractivity contribution in [1.82, 2.24) is 10.2 Å². The monoisotopic (exact) mass is 603 g/mol. The predicted octanol–water partition coefficient (Wildman–Crippen LogP) is 6.08. The number of hydrogen-bond acceptors (Lipinski definition) is 4. The summed E-state index contributed by atoms with van der Waals surface area (Å²) in [7, 11) is -4.13. The number of sulfonamides is 1. The lowest BCUT2D eigenvalue weighted by molar-refractivity contribution is -0.140. The molecule has 0 aliphatic rings. The molecule has 3 aromatic carbocycles. The van der Waals surface area contributed by atoms with Crippen molar-refractivity contribution in [3.05, 3.63) is 94.0 Å². The van der Waals surface area contributed by atoms with Gasteiger partial charge in [-0.15, -0.1) is 0 Å². The molecule has 0 spiro atoms. The maximum absolute atomic E-state index is 14.1. The molecular weight excluding hydrogens is 569 g/mol. The van der Waals surface area contributed by atoms with Crippen LogP contribution in [0.15, 0.2) is 77.7 Å². The summed E-state index contributed by atoms with van der Waals surface area (Å²) in [6.45, 7) is 5.63. The van der Waals surface area contributed by atoms with Crippen LogP contribution >= 0.6 is 23.2 Å². The van der Waals surface area contributed by atoms with E-state index in [4.69, 9.17) is 23.2 Å². The zero-order valence-electron chi connectivity index (χ0n) is 22.9. The van der Waals surface area contributed by atoms with Gasteiger partial charge in [0, 0.05) is 23.1 Å². The van der Waals surface area contributed by atoms with Gasteiger partial charge in [0.1, 0.15) is 12.6 Å². The number of carbonyl (C=O) groups is 2. The topological polar surface area (TPSA) is 86.8 Å². The second-order valence-corrected chi connectivity index (χ2v) is 12.0. The third kappa shape index (κ3) is 7.56. The molecule has 0 saturated heterocycles. The number of hydrogen-bond donors (Lipinski definition) is 1. The molecule has 40 heavy (non-hydrogen) atoms. The lowest BCUT2D eigenvalue weighted by atomic mass is 10.1. The van der Waals surface area contributed by atoms with E-state index in [1.165, 1.54) is 17.0 Å². The molecule has 0 aromatic heterocycles. The predicted molar refractivity (Wildman–Crippen MR) is 161 cm³/mol. The summed E-state index contributed by atoms with van der Waals surface area (Å²) >= 11 is 12.5. The zero-order chi connectivity index (χ0) is 29.3. The molecule has 1 N–H and O–H groups in total. The highest BCUT2D eigenvalue weighted by Crippen LogP contribution is 2.29. The van der Waals surface area contributed by atoms with Crippen molar-refractivity contribution in [2.75, 3.05) is 17.4 Å². The van der Waals surface area contributed by atoms with Crippen LogP contribution in [0.25, 0.3) is 0 Å². The first-order valence-electron chi connectivity index (χ1n) is 13.3. The molecule has 3 rings (SSSR count). The highest BCUT2D eigenvalue weighted by Gasteiger charge is 2.34. The van der Waals surface area contributed by atoms with Gasteiger partial charge in [-0.3, -0.25) is 13.9 Å². The summed E-state index contributed by atoms with van der Waals surface area (Å²) < 4.78 is 29.1. The number of benzene rings is 3. The number of carbonyl (C=O) groups excluding carboxylic acids is 2. The van der Waals surface area contributed by atoms with Gasteiger partial charge in [-0.1, -0.05) is 86.4 Å². The van der Waals surface area contributed by atoms with Crippen LogP contribution in [0.3, 0.4) is 0 Å². The molecule has 214 valence electrons. The van der Waals surface area contributed by atoms with Crippen molar-refractivity contribution in [2.24, 2.45) is 0 Å². The number of amides is 2. The normalized spacial score (nSPS) is 12.0. The molecule has 0 bridgehead atoms. The quantitative estimate of drug-likeness (QED) is 0.256.